The number of benzene rings is 1. The molecule has 0 spiro atoms. The lowest BCUT2D eigenvalue weighted by Gasteiger charge is -2.43. The Morgan fingerprint density at radius 2 is 1.91 bits per heavy atom. The lowest BCUT2D eigenvalue weighted by molar-refractivity contribution is -0.154. The van der Waals surface area contributed by atoms with Gasteiger partial charge in [-0.3, -0.25) is 4.79 Å². The quantitative estimate of drug-likeness (QED) is 0.789. The van der Waals surface area contributed by atoms with E-state index in [9.17, 15) is 18.3 Å². The average Bonchev–Trinajstić information content (AvgIpc) is 2.42. The van der Waals surface area contributed by atoms with Crippen LogP contribution in [0.25, 0.3) is 0 Å². The zero-order valence-electron chi connectivity index (χ0n) is 13.6. The van der Waals surface area contributed by atoms with Crippen molar-refractivity contribution in [1.29, 1.82) is 0 Å². The molecular weight excluding hydrogens is 318 g/mol. The van der Waals surface area contributed by atoms with Crippen LogP contribution in [-0.4, -0.2) is 38.2 Å². The van der Waals surface area contributed by atoms with Gasteiger partial charge in [0, 0.05) is 20.0 Å². The molecular formula is C16H23NO5S. The van der Waals surface area contributed by atoms with Crippen molar-refractivity contribution in [2.75, 3.05) is 7.11 Å². The molecule has 0 saturated heterocycles. The second-order valence-electron chi connectivity index (χ2n) is 6.50. The van der Waals surface area contributed by atoms with E-state index in [1.54, 1.807) is 12.1 Å². The van der Waals surface area contributed by atoms with Gasteiger partial charge in [-0.15, -0.1) is 0 Å². The number of carboxylic acids is 1. The summed E-state index contributed by atoms with van der Waals surface area (Å²) >= 11 is 0. The SMILES string of the molecule is COC1CC(NS(=O)(=O)c2ccc(CC(C)C)cc2)(C(=O)O)C1. The molecule has 128 valence electrons. The van der Waals surface area contributed by atoms with Gasteiger partial charge in [0.25, 0.3) is 0 Å². The highest BCUT2D eigenvalue weighted by atomic mass is 32.2. The normalized spacial score (nSPS) is 24.4. The van der Waals surface area contributed by atoms with E-state index in [1.807, 2.05) is 0 Å². The number of nitrogens with one attached hydrogen (secondary N) is 1. The summed E-state index contributed by atoms with van der Waals surface area (Å²) in [5.74, 6) is -0.697. The number of aliphatic carboxylic acids is 1. The van der Waals surface area contributed by atoms with Gasteiger partial charge in [0.05, 0.1) is 11.0 Å². The first-order valence-corrected chi connectivity index (χ1v) is 9.06. The van der Waals surface area contributed by atoms with E-state index in [4.69, 9.17) is 4.74 Å². The Morgan fingerprint density at radius 1 is 1.35 bits per heavy atom. The van der Waals surface area contributed by atoms with Crippen LogP contribution in [0.1, 0.15) is 32.3 Å². The highest BCUT2D eigenvalue weighted by Crippen LogP contribution is 2.36. The van der Waals surface area contributed by atoms with Gasteiger partial charge in [-0.1, -0.05) is 26.0 Å². The zero-order chi connectivity index (χ0) is 17.3. The second kappa shape index (κ2) is 6.59. The van der Waals surface area contributed by atoms with Crippen LogP contribution >= 0.6 is 0 Å². The van der Waals surface area contributed by atoms with Crippen molar-refractivity contribution >= 4 is 16.0 Å². The lowest BCUT2D eigenvalue weighted by Crippen LogP contribution is -2.64. The van der Waals surface area contributed by atoms with E-state index < -0.39 is 21.5 Å². The van der Waals surface area contributed by atoms with Gasteiger partial charge in [0.2, 0.25) is 10.0 Å². The lowest BCUT2D eigenvalue weighted by atomic mass is 9.75. The number of carbonyl (C=O) groups is 1. The summed E-state index contributed by atoms with van der Waals surface area (Å²) < 4.78 is 32.3. The van der Waals surface area contributed by atoms with Gasteiger partial charge >= 0.3 is 5.97 Å². The third-order valence-electron chi connectivity index (χ3n) is 4.10. The minimum Gasteiger partial charge on any atom is -0.480 e. The van der Waals surface area contributed by atoms with E-state index in [0.717, 1.165) is 12.0 Å². The van der Waals surface area contributed by atoms with E-state index >= 15 is 0 Å². The van der Waals surface area contributed by atoms with Crippen LogP contribution in [0.2, 0.25) is 0 Å². The molecule has 23 heavy (non-hydrogen) atoms. The van der Waals surface area contributed by atoms with Gasteiger partial charge in [-0.2, -0.15) is 4.72 Å². The van der Waals surface area contributed by atoms with Crippen LogP contribution in [0.5, 0.6) is 0 Å². The Morgan fingerprint density at radius 3 is 2.35 bits per heavy atom. The highest BCUT2D eigenvalue weighted by Gasteiger charge is 2.53. The van der Waals surface area contributed by atoms with Crippen LogP contribution < -0.4 is 4.72 Å². The Labute approximate surface area is 136 Å². The molecule has 1 aliphatic rings. The van der Waals surface area contributed by atoms with Crippen molar-refractivity contribution < 1.29 is 23.1 Å². The molecule has 1 aromatic carbocycles. The van der Waals surface area contributed by atoms with Crippen molar-refractivity contribution in [2.45, 2.75) is 49.6 Å². The molecule has 1 aliphatic carbocycles. The monoisotopic (exact) mass is 341 g/mol. The summed E-state index contributed by atoms with van der Waals surface area (Å²) in [6.45, 7) is 4.18. The Kier molecular flexibility index (Phi) is 5.13. The fourth-order valence-electron chi connectivity index (χ4n) is 2.78. The molecule has 0 bridgehead atoms. The Balaban J connectivity index is 2.16. The summed E-state index contributed by atoms with van der Waals surface area (Å²) in [6.07, 6.45) is 0.886. The molecule has 0 radical (unpaired) electrons. The molecule has 1 fully saturated rings. The van der Waals surface area contributed by atoms with Gasteiger partial charge in [-0.25, -0.2) is 8.42 Å². The number of rotatable bonds is 7. The number of sulfonamides is 1. The fraction of sp³-hybridized carbons (Fsp3) is 0.562. The van der Waals surface area contributed by atoms with E-state index in [0.29, 0.717) is 5.92 Å². The van der Waals surface area contributed by atoms with Gasteiger partial charge < -0.3 is 9.84 Å². The molecule has 7 heteroatoms. The standard InChI is InChI=1S/C16H23NO5S/c1-11(2)8-12-4-6-14(7-5-12)23(20,21)17-16(15(18)19)9-13(10-16)22-3/h4-7,11,13,17H,8-10H2,1-3H3,(H,18,19). The molecule has 2 N–H and O–H groups in total. The third kappa shape index (κ3) is 3.91. The van der Waals surface area contributed by atoms with Crippen molar-refractivity contribution in [2.24, 2.45) is 5.92 Å². The van der Waals surface area contributed by atoms with Crippen LogP contribution in [0.4, 0.5) is 0 Å². The number of methoxy groups -OCH3 is 1. The molecule has 1 aromatic rings. The maximum Gasteiger partial charge on any atom is 0.325 e. The number of hydrogen-bond acceptors (Lipinski definition) is 4. The molecule has 0 amide bonds. The molecule has 0 aromatic heterocycles. The van der Waals surface area contributed by atoms with E-state index in [1.165, 1.54) is 19.2 Å². The first kappa shape index (κ1) is 17.9. The molecule has 0 atom stereocenters. The maximum absolute atomic E-state index is 12.5. The predicted octanol–water partition coefficient (Wildman–Crippen LogP) is 1.80. The van der Waals surface area contributed by atoms with Gasteiger partial charge in [0.15, 0.2) is 0 Å². The summed E-state index contributed by atoms with van der Waals surface area (Å²) in [6, 6.07) is 6.56. The number of ether oxygens (including phenoxy) is 1. The van der Waals surface area contributed by atoms with Crippen LogP contribution in [-0.2, 0) is 26.0 Å². The van der Waals surface area contributed by atoms with Crippen molar-refractivity contribution in [3.8, 4) is 0 Å². The third-order valence-corrected chi connectivity index (χ3v) is 5.65. The molecule has 6 nitrogen and oxygen atoms in total. The maximum atomic E-state index is 12.5. The fourth-order valence-corrected chi connectivity index (χ4v) is 4.16. The largest absolute Gasteiger partial charge is 0.480 e. The average molecular weight is 341 g/mol. The first-order valence-electron chi connectivity index (χ1n) is 7.57. The summed E-state index contributed by atoms with van der Waals surface area (Å²) in [5.41, 5.74) is -0.425. The zero-order valence-corrected chi connectivity index (χ0v) is 14.4. The van der Waals surface area contributed by atoms with Gasteiger partial charge in [-0.05, 0) is 30.0 Å². The van der Waals surface area contributed by atoms with Crippen molar-refractivity contribution in [3.63, 3.8) is 0 Å². The van der Waals surface area contributed by atoms with Crippen LogP contribution in [0, 0.1) is 5.92 Å². The summed E-state index contributed by atoms with van der Waals surface area (Å²) in [7, 11) is -2.40. The predicted molar refractivity (Wildman–Crippen MR) is 85.7 cm³/mol. The first-order chi connectivity index (χ1) is 10.7. The molecule has 0 aliphatic heterocycles. The second-order valence-corrected chi connectivity index (χ2v) is 8.18. The summed E-state index contributed by atoms with van der Waals surface area (Å²) in [5, 5.41) is 9.37. The molecule has 0 unspecified atom stereocenters. The Bertz CT molecular complexity index is 660. The Hall–Kier alpha value is -1.44. The van der Waals surface area contributed by atoms with Crippen LogP contribution in [0.15, 0.2) is 29.2 Å². The minimum atomic E-state index is -3.89. The summed E-state index contributed by atoms with van der Waals surface area (Å²) in [4.78, 5) is 11.5. The van der Waals surface area contributed by atoms with Crippen molar-refractivity contribution in [3.05, 3.63) is 29.8 Å². The van der Waals surface area contributed by atoms with E-state index in [2.05, 4.69) is 18.6 Å². The van der Waals surface area contributed by atoms with Crippen LogP contribution in [0.3, 0.4) is 0 Å². The highest BCUT2D eigenvalue weighted by molar-refractivity contribution is 7.89. The topological polar surface area (TPSA) is 92.7 Å². The smallest absolute Gasteiger partial charge is 0.325 e. The number of hydrogen-bond donors (Lipinski definition) is 2. The van der Waals surface area contributed by atoms with Gasteiger partial charge in [0.1, 0.15) is 5.54 Å². The molecule has 2 rings (SSSR count). The minimum absolute atomic E-state index is 0.0755. The molecule has 0 heterocycles. The number of carboxylic acid groups (broad SMARTS) is 1. The van der Waals surface area contributed by atoms with E-state index in [-0.39, 0.29) is 23.8 Å². The molecule has 1 saturated carbocycles. The van der Waals surface area contributed by atoms with Crippen molar-refractivity contribution in [1.82, 2.24) is 4.72 Å².